The number of carboxylic acids is 1. The van der Waals surface area contributed by atoms with E-state index in [-0.39, 0.29) is 25.0 Å². The summed E-state index contributed by atoms with van der Waals surface area (Å²) < 4.78 is 11.1. The molecule has 1 aromatic rings. The quantitative estimate of drug-likeness (QED) is 0.0214. The Morgan fingerprint density at radius 1 is 0.549 bits per heavy atom. The van der Waals surface area contributed by atoms with Crippen LogP contribution in [-0.2, 0) is 83.1 Å². The van der Waals surface area contributed by atoms with Crippen LogP contribution in [-0.4, -0.2) is 281 Å². The number of carbonyl (C=O) groups is 15. The van der Waals surface area contributed by atoms with E-state index < -0.39 is 249 Å². The minimum atomic E-state index is -2.14. The highest BCUT2D eigenvalue weighted by Gasteiger charge is 2.48. The number of carboxylic acid groups (broad SMARTS) is 1. The molecule has 1 aromatic carbocycles. The van der Waals surface area contributed by atoms with E-state index in [1.807, 2.05) is 0 Å². The van der Waals surface area contributed by atoms with Crippen molar-refractivity contribution in [1.82, 2.24) is 57.7 Å². The zero-order chi connectivity index (χ0) is 85.1. The van der Waals surface area contributed by atoms with Gasteiger partial charge in [0.1, 0.15) is 72.3 Å². The first-order valence-corrected chi connectivity index (χ1v) is 38.6. The highest BCUT2D eigenvalue weighted by atomic mass is 16.5. The van der Waals surface area contributed by atoms with Crippen molar-refractivity contribution in [2.45, 2.75) is 294 Å². The van der Waals surface area contributed by atoms with Crippen molar-refractivity contribution < 1.29 is 122 Å². The Morgan fingerprint density at radius 2 is 1.08 bits per heavy atom. The van der Waals surface area contributed by atoms with Crippen molar-refractivity contribution >= 4 is 88.7 Å². The third-order valence-corrected chi connectivity index (χ3v) is 19.3. The fourth-order valence-corrected chi connectivity index (χ4v) is 12.8. The van der Waals surface area contributed by atoms with Crippen LogP contribution in [0.4, 0.5) is 0 Å². The number of primary amides is 2. The first kappa shape index (κ1) is 97.9. The van der Waals surface area contributed by atoms with Gasteiger partial charge in [0.05, 0.1) is 68.0 Å². The predicted octanol–water partition coefficient (Wildman–Crippen LogP) is -5.09. The second kappa shape index (κ2) is 49.4. The first-order chi connectivity index (χ1) is 53.1. The number of benzene rings is 1. The molecule has 0 radical (unpaired) electrons. The zero-order valence-corrected chi connectivity index (χ0v) is 66.0. The van der Waals surface area contributed by atoms with Crippen molar-refractivity contribution in [2.24, 2.45) is 29.0 Å². The molecule has 0 saturated carbocycles. The Labute approximate surface area is 657 Å². The summed E-state index contributed by atoms with van der Waals surface area (Å²) in [6.45, 7) is 10.2. The van der Waals surface area contributed by atoms with Crippen LogP contribution in [0.1, 0.15) is 183 Å². The largest absolute Gasteiger partial charge is 0.482 e. The molecule has 0 bridgehead atoms. The van der Waals surface area contributed by atoms with E-state index in [9.17, 15) is 113 Å². The highest BCUT2D eigenvalue weighted by molar-refractivity contribution is 6.00. The second-order valence-corrected chi connectivity index (χ2v) is 29.6. The molecule has 0 aliphatic carbocycles. The summed E-state index contributed by atoms with van der Waals surface area (Å²) in [5, 5.41) is 106. The molecule has 2 aliphatic heterocycles. The van der Waals surface area contributed by atoms with E-state index in [1.165, 1.54) is 84.1 Å². The second-order valence-electron chi connectivity index (χ2n) is 29.6. The van der Waals surface area contributed by atoms with E-state index in [2.05, 4.69) is 54.8 Å². The number of rotatable bonds is 52. The number of nitrogens with two attached hydrogens (primary N) is 3. The molecule has 2 saturated heterocycles. The predicted molar refractivity (Wildman–Crippen MR) is 403 cm³/mol. The number of aliphatic hydroxyl groups excluding tert-OH is 7. The van der Waals surface area contributed by atoms with Crippen molar-refractivity contribution in [2.75, 3.05) is 32.8 Å². The number of likely N-dealkylation sites (tertiary alicyclic amines) is 2. The fourth-order valence-electron chi connectivity index (χ4n) is 12.8. The lowest BCUT2D eigenvalue weighted by atomic mass is 9.99. The molecule has 2 aliphatic rings. The fraction of sp³-hybridized carbons (Fsp3) is 0.716. The summed E-state index contributed by atoms with van der Waals surface area (Å²) in [4.78, 5) is 204. The van der Waals surface area contributed by atoms with Gasteiger partial charge in [-0.1, -0.05) is 104 Å². The summed E-state index contributed by atoms with van der Waals surface area (Å²) in [7, 11) is 0. The topological polar surface area (TPSA) is 629 Å². The molecule has 2 fully saturated rings. The molecular formula is C74H122N14O25. The third kappa shape index (κ3) is 33.4. The molecule has 13 amide bonds. The molecule has 39 heteroatoms. The molecule has 39 nitrogen and oxygen atoms in total. The third-order valence-electron chi connectivity index (χ3n) is 19.3. The maximum absolute atomic E-state index is 14.8. The average molecular weight is 1610 g/mol. The minimum absolute atomic E-state index is 0.114. The van der Waals surface area contributed by atoms with E-state index >= 15 is 0 Å². The lowest BCUT2D eigenvalue weighted by Gasteiger charge is -2.34. The zero-order valence-electron chi connectivity index (χ0n) is 66.0. The van der Waals surface area contributed by atoms with Gasteiger partial charge in [0.2, 0.25) is 76.8 Å². The number of esters is 1. The summed E-state index contributed by atoms with van der Waals surface area (Å²) in [5.41, 5.74) is 16.4. The molecule has 0 unspecified atom stereocenters. The van der Waals surface area contributed by atoms with Crippen LogP contribution in [0.3, 0.4) is 0 Å². The Balaban J connectivity index is 1.86. The van der Waals surface area contributed by atoms with Gasteiger partial charge in [0, 0.05) is 25.9 Å². The smallest absolute Gasteiger partial charge is 0.341 e. The van der Waals surface area contributed by atoms with E-state index in [0.717, 1.165) is 57.8 Å². The number of hydrogen-bond donors (Lipinski definition) is 20. The van der Waals surface area contributed by atoms with Crippen LogP contribution in [0.15, 0.2) is 24.3 Å². The number of β-amino-alcohol motifs (C(OH)–C–C–N with tert-alkyl or cyclic N) is 1. The Bertz CT molecular complexity index is 3330. The van der Waals surface area contributed by atoms with Gasteiger partial charge in [0.25, 0.3) is 0 Å². The van der Waals surface area contributed by atoms with Crippen LogP contribution in [0.2, 0.25) is 0 Å². The van der Waals surface area contributed by atoms with Crippen LogP contribution in [0, 0.1) is 11.8 Å². The van der Waals surface area contributed by atoms with Crippen LogP contribution >= 0.6 is 0 Å². The number of hydrogen-bond acceptors (Lipinski definition) is 25. The minimum Gasteiger partial charge on any atom is -0.482 e. The first-order valence-electron chi connectivity index (χ1n) is 38.6. The van der Waals surface area contributed by atoms with Crippen LogP contribution < -0.4 is 69.8 Å². The van der Waals surface area contributed by atoms with Crippen molar-refractivity contribution in [3.05, 3.63) is 29.8 Å². The maximum atomic E-state index is 14.8. The Kier molecular flexibility index (Phi) is 42.8. The van der Waals surface area contributed by atoms with Gasteiger partial charge in [-0.25, -0.2) is 4.79 Å². The molecule has 3 rings (SSSR count). The number of nitrogens with zero attached hydrogens (tertiary/aromatic N) is 2. The standard InChI is InChI=1S/C74H122N14O25/c1-10-11-12-13-14-15-16-17-18-19-20-23-48(113-74(111)39(4)22-21-29-75)33-54(97)81-59(42(7)90)69(106)79-40(5)65(102)80-49(31-45-24-26-47(27-25-45)112-37-56(99)100)66(103)83-57(38(2)3)72(109)88-36-46(93)32-50(88)67(104)84-60(43(8)91)70(107)85-61(44(9)92)73(110)87-30-28-51(94)63(87)71(108)86-62(52(95)34-53(76)96)68(105)78-35-55(98)82-58(41(6)89)64(77)101/h24-27,38-44,46,48-52,57-63,89-95H,10-23,28-37,75H2,1-9H3,(H2,76,96)(H2,77,101)(H,78,105)(H,79,106)(H,80,102)(H,81,97)(H,82,98)(H,83,103)(H,84,104)(H,85,107)(H,86,108)(H,99,100)/t39-,40+,41+,42+,43+,44+,46+,48+,49-,50-,51-,52+,57-,58+,59+,60+,61-,62-,63-/m0/s1. The number of aliphatic carboxylic acids is 1. The maximum Gasteiger partial charge on any atom is 0.341 e. The van der Waals surface area contributed by atoms with E-state index in [0.29, 0.717) is 42.7 Å². The molecular weight excluding hydrogens is 1480 g/mol. The van der Waals surface area contributed by atoms with Crippen LogP contribution in [0.5, 0.6) is 5.75 Å². The van der Waals surface area contributed by atoms with E-state index in [1.54, 1.807) is 6.92 Å². The van der Waals surface area contributed by atoms with Gasteiger partial charge in [-0.05, 0) is 96.9 Å². The van der Waals surface area contributed by atoms with E-state index in [4.69, 9.17) is 26.7 Å². The lowest BCUT2D eigenvalue weighted by Crippen LogP contribution is -2.64. The Hall–Kier alpha value is -9.25. The summed E-state index contributed by atoms with van der Waals surface area (Å²) in [6, 6.07) is -12.2. The van der Waals surface area contributed by atoms with Crippen molar-refractivity contribution in [3.8, 4) is 5.75 Å². The van der Waals surface area contributed by atoms with Crippen molar-refractivity contribution in [1.29, 1.82) is 0 Å². The van der Waals surface area contributed by atoms with Crippen molar-refractivity contribution in [3.63, 3.8) is 0 Å². The monoisotopic (exact) mass is 1610 g/mol. The molecule has 0 spiro atoms. The molecule has 638 valence electrons. The van der Waals surface area contributed by atoms with Gasteiger partial charge in [0.15, 0.2) is 6.61 Å². The van der Waals surface area contributed by atoms with Gasteiger partial charge in [-0.15, -0.1) is 0 Å². The lowest BCUT2D eigenvalue weighted by molar-refractivity contribution is -0.155. The summed E-state index contributed by atoms with van der Waals surface area (Å²) in [5.74, 6) is -17.7. The Morgan fingerprint density at radius 3 is 1.62 bits per heavy atom. The summed E-state index contributed by atoms with van der Waals surface area (Å²) in [6.07, 6.45) is -2.32. The number of aliphatic hydroxyl groups is 7. The van der Waals surface area contributed by atoms with Gasteiger partial charge >= 0.3 is 11.9 Å². The SMILES string of the molecule is CCCCCCCCCCCCC[C@H](CC(=O)N[C@@H](C(=O)N[C@H](C)C(=O)N[C@@H](Cc1ccc(OCC(=O)O)cc1)C(=O)N[C@H](C(=O)N1C[C@H](O)C[C@H]1C(=O)N[C@@H](C(=O)N[C@H](C(=O)N1CC[C@H](O)[C@H]1C(=O)N[C@H](C(=O)NCC(=O)N[C@@H](C(N)=O)[C@@H](C)O)[C@H](O)CC(N)=O)[C@@H](C)O)[C@@H](C)O)C(C)C)[C@@H](C)O)OC(=O)[C@@H](C)CCCN. The normalized spacial score (nSPS) is 19.4. The molecule has 0 aromatic heterocycles. The van der Waals surface area contributed by atoms with Gasteiger partial charge in [-0.3, -0.25) is 67.1 Å². The molecule has 19 atom stereocenters. The van der Waals surface area contributed by atoms with Gasteiger partial charge in [-0.2, -0.15) is 0 Å². The van der Waals surface area contributed by atoms with Gasteiger partial charge < -0.3 is 125 Å². The van der Waals surface area contributed by atoms with Crippen LogP contribution in [0.25, 0.3) is 0 Å². The number of carbonyl (C=O) groups excluding carboxylic acids is 14. The number of unbranched alkanes of at least 4 members (excludes halogenated alkanes) is 10. The number of amides is 13. The molecule has 113 heavy (non-hydrogen) atoms. The highest BCUT2D eigenvalue weighted by Crippen LogP contribution is 2.25. The molecule has 2 heterocycles. The average Bonchev–Trinajstić information content (AvgIpc) is 1.69. The number of ether oxygens (including phenoxy) is 2. The number of nitrogens with one attached hydrogen (secondary N) is 9. The molecule has 23 N–H and O–H groups in total. The summed E-state index contributed by atoms with van der Waals surface area (Å²) >= 11 is 0.